The van der Waals surface area contributed by atoms with Crippen LogP contribution >= 0.6 is 11.8 Å². The van der Waals surface area contributed by atoms with E-state index < -0.39 is 0 Å². The predicted molar refractivity (Wildman–Crippen MR) is 119 cm³/mol. The summed E-state index contributed by atoms with van der Waals surface area (Å²) in [5, 5.41) is 9.90. The van der Waals surface area contributed by atoms with E-state index in [0.717, 1.165) is 22.0 Å². The van der Waals surface area contributed by atoms with Crippen molar-refractivity contribution >= 4 is 17.7 Å². The minimum atomic E-state index is -0.00408. The summed E-state index contributed by atoms with van der Waals surface area (Å²) in [5.41, 5.74) is 2.28. The number of likely N-dealkylation sites (N-methyl/N-ethyl adjacent to an activating group) is 1. The summed E-state index contributed by atoms with van der Waals surface area (Å²) >= 11 is 1.57. The minimum Gasteiger partial charge on any atom is -0.333 e. The lowest BCUT2D eigenvalue weighted by atomic mass is 10.1. The van der Waals surface area contributed by atoms with E-state index in [1.54, 1.807) is 30.1 Å². The Morgan fingerprint density at radius 3 is 2.33 bits per heavy atom. The molecule has 0 spiro atoms. The number of carbonyl (C=O) groups excluding carboxylic acids is 1. The highest BCUT2D eigenvalue weighted by Gasteiger charge is 2.16. The molecule has 0 fully saturated rings. The van der Waals surface area contributed by atoms with Gasteiger partial charge < -0.3 is 9.80 Å². The molecule has 0 saturated heterocycles. The second-order valence-electron chi connectivity index (χ2n) is 7.13. The largest absolute Gasteiger partial charge is 0.333 e. The lowest BCUT2D eigenvalue weighted by Crippen LogP contribution is -2.36. The number of pyridine rings is 1. The van der Waals surface area contributed by atoms with E-state index in [4.69, 9.17) is 5.26 Å². The third kappa shape index (κ3) is 6.18. The van der Waals surface area contributed by atoms with Gasteiger partial charge in [-0.05, 0) is 68.2 Å². The predicted octanol–water partition coefficient (Wildman–Crippen LogP) is 4.31. The number of aromatic nitrogens is 1. The number of benzene rings is 2. The van der Waals surface area contributed by atoms with Gasteiger partial charge in [0, 0.05) is 36.3 Å². The van der Waals surface area contributed by atoms with Crippen LogP contribution in [0, 0.1) is 11.3 Å². The summed E-state index contributed by atoms with van der Waals surface area (Å²) in [5.74, 6) is -0.00408. The van der Waals surface area contributed by atoms with Crippen molar-refractivity contribution in [2.45, 2.75) is 16.5 Å². The Morgan fingerprint density at radius 2 is 1.73 bits per heavy atom. The first-order chi connectivity index (χ1) is 14.5. The van der Waals surface area contributed by atoms with Crippen LogP contribution in [0.5, 0.6) is 0 Å². The first kappa shape index (κ1) is 21.6. The Labute approximate surface area is 182 Å². The third-order valence-corrected chi connectivity index (χ3v) is 5.48. The molecule has 3 aromatic rings. The normalized spacial score (nSPS) is 10.6. The summed E-state index contributed by atoms with van der Waals surface area (Å²) in [7, 11) is 3.99. The highest BCUT2D eigenvalue weighted by molar-refractivity contribution is 7.99. The summed E-state index contributed by atoms with van der Waals surface area (Å²) in [4.78, 5) is 22.5. The Balaban J connectivity index is 1.73. The molecule has 1 amide bonds. The van der Waals surface area contributed by atoms with Crippen molar-refractivity contribution < 1.29 is 4.79 Å². The first-order valence-electron chi connectivity index (χ1n) is 9.67. The zero-order chi connectivity index (χ0) is 21.3. The average molecular weight is 417 g/mol. The fourth-order valence-electron chi connectivity index (χ4n) is 2.85. The average Bonchev–Trinajstić information content (AvgIpc) is 2.77. The molecule has 1 aromatic heterocycles. The number of hydrogen-bond donors (Lipinski definition) is 0. The van der Waals surface area contributed by atoms with Crippen LogP contribution in [0.2, 0.25) is 0 Å². The first-order valence-corrected chi connectivity index (χ1v) is 10.5. The van der Waals surface area contributed by atoms with Crippen LogP contribution in [0.25, 0.3) is 0 Å². The van der Waals surface area contributed by atoms with Crippen LogP contribution in [0.4, 0.5) is 0 Å². The standard InChI is InChI=1S/C24H24N4OS/c1-27(2)15-16-28(18-20-8-6-19(17-25)7-9-20)24(29)21-10-12-22(13-11-21)30-23-5-3-4-14-26-23/h3-14H,15-16,18H2,1-2H3. The third-order valence-electron chi connectivity index (χ3n) is 4.52. The molecule has 5 nitrogen and oxygen atoms in total. The van der Waals surface area contributed by atoms with Gasteiger partial charge in [-0.1, -0.05) is 30.0 Å². The zero-order valence-electron chi connectivity index (χ0n) is 17.2. The van der Waals surface area contributed by atoms with Gasteiger partial charge in [0.1, 0.15) is 5.03 Å². The quantitative estimate of drug-likeness (QED) is 0.548. The molecule has 1 heterocycles. The van der Waals surface area contributed by atoms with Crippen LogP contribution in [0.3, 0.4) is 0 Å². The van der Waals surface area contributed by atoms with Gasteiger partial charge in [-0.2, -0.15) is 5.26 Å². The Bertz CT molecular complexity index is 996. The van der Waals surface area contributed by atoms with E-state index in [-0.39, 0.29) is 5.91 Å². The van der Waals surface area contributed by atoms with E-state index >= 15 is 0 Å². The van der Waals surface area contributed by atoms with Crippen molar-refractivity contribution in [3.05, 3.63) is 89.6 Å². The van der Waals surface area contributed by atoms with Crippen molar-refractivity contribution in [2.24, 2.45) is 0 Å². The molecule has 3 rings (SSSR count). The molecule has 152 valence electrons. The molecule has 0 radical (unpaired) electrons. The number of nitriles is 1. The van der Waals surface area contributed by atoms with E-state index in [1.807, 2.05) is 73.6 Å². The highest BCUT2D eigenvalue weighted by atomic mass is 32.2. The maximum Gasteiger partial charge on any atom is 0.254 e. The number of rotatable bonds is 8. The number of hydrogen-bond acceptors (Lipinski definition) is 5. The molecule has 30 heavy (non-hydrogen) atoms. The number of nitrogens with zero attached hydrogens (tertiary/aromatic N) is 4. The smallest absolute Gasteiger partial charge is 0.254 e. The summed E-state index contributed by atoms with van der Waals surface area (Å²) in [6.07, 6.45) is 1.77. The molecule has 0 aliphatic rings. The van der Waals surface area contributed by atoms with Gasteiger partial charge >= 0.3 is 0 Å². The van der Waals surface area contributed by atoms with Crippen molar-refractivity contribution in [3.8, 4) is 6.07 Å². The molecular formula is C24H24N4OS. The Morgan fingerprint density at radius 1 is 1.00 bits per heavy atom. The van der Waals surface area contributed by atoms with Crippen LogP contribution in [0.1, 0.15) is 21.5 Å². The second-order valence-corrected chi connectivity index (χ2v) is 8.23. The highest BCUT2D eigenvalue weighted by Crippen LogP contribution is 2.26. The van der Waals surface area contributed by atoms with Gasteiger partial charge in [-0.3, -0.25) is 4.79 Å². The topological polar surface area (TPSA) is 60.2 Å². The van der Waals surface area contributed by atoms with Gasteiger partial charge in [0.2, 0.25) is 0 Å². The summed E-state index contributed by atoms with van der Waals surface area (Å²) in [6.45, 7) is 1.90. The molecule has 0 atom stereocenters. The van der Waals surface area contributed by atoms with Gasteiger partial charge in [-0.15, -0.1) is 0 Å². The van der Waals surface area contributed by atoms with Gasteiger partial charge in [0.05, 0.1) is 11.6 Å². The zero-order valence-corrected chi connectivity index (χ0v) is 18.0. The van der Waals surface area contributed by atoms with E-state index in [9.17, 15) is 4.79 Å². The van der Waals surface area contributed by atoms with Gasteiger partial charge in [0.15, 0.2) is 0 Å². The molecule has 6 heteroatoms. The van der Waals surface area contributed by atoms with Crippen molar-refractivity contribution in [3.63, 3.8) is 0 Å². The fourth-order valence-corrected chi connectivity index (χ4v) is 3.63. The van der Waals surface area contributed by atoms with Crippen molar-refractivity contribution in [2.75, 3.05) is 27.2 Å². The number of carbonyl (C=O) groups is 1. The maximum absolute atomic E-state index is 13.2. The maximum atomic E-state index is 13.2. The lowest BCUT2D eigenvalue weighted by molar-refractivity contribution is 0.0732. The molecular weight excluding hydrogens is 392 g/mol. The molecule has 0 unspecified atom stereocenters. The van der Waals surface area contributed by atoms with Crippen LogP contribution in [-0.4, -0.2) is 47.9 Å². The van der Waals surface area contributed by atoms with Crippen LogP contribution in [-0.2, 0) is 6.54 Å². The minimum absolute atomic E-state index is 0.00408. The molecule has 0 bridgehead atoms. The SMILES string of the molecule is CN(C)CCN(Cc1ccc(C#N)cc1)C(=O)c1ccc(Sc2ccccn2)cc1. The number of amides is 1. The van der Waals surface area contributed by atoms with E-state index in [1.165, 1.54) is 0 Å². The summed E-state index contributed by atoms with van der Waals surface area (Å²) in [6, 6.07) is 23.0. The van der Waals surface area contributed by atoms with Crippen LogP contribution < -0.4 is 0 Å². The Hall–Kier alpha value is -3.14. The Kier molecular flexibility index (Phi) is 7.61. The lowest BCUT2D eigenvalue weighted by Gasteiger charge is -2.25. The molecule has 2 aromatic carbocycles. The molecule has 0 N–H and O–H groups in total. The van der Waals surface area contributed by atoms with E-state index in [2.05, 4.69) is 16.0 Å². The monoisotopic (exact) mass is 416 g/mol. The fraction of sp³-hybridized carbons (Fsp3) is 0.208. The molecule has 0 saturated carbocycles. The van der Waals surface area contributed by atoms with Crippen LogP contribution in [0.15, 0.2) is 82.8 Å². The van der Waals surface area contributed by atoms with Gasteiger partial charge in [-0.25, -0.2) is 4.98 Å². The second kappa shape index (κ2) is 10.6. The molecule has 0 aliphatic carbocycles. The molecule has 0 aliphatic heterocycles. The van der Waals surface area contributed by atoms with Gasteiger partial charge in [0.25, 0.3) is 5.91 Å². The summed E-state index contributed by atoms with van der Waals surface area (Å²) < 4.78 is 0. The van der Waals surface area contributed by atoms with Crippen molar-refractivity contribution in [1.29, 1.82) is 5.26 Å². The van der Waals surface area contributed by atoms with E-state index in [0.29, 0.717) is 24.2 Å². The van der Waals surface area contributed by atoms with Crippen molar-refractivity contribution in [1.82, 2.24) is 14.8 Å².